The van der Waals surface area contributed by atoms with Crippen LogP contribution in [0.1, 0.15) is 46.0 Å². The zero-order valence-corrected chi connectivity index (χ0v) is 16.9. The van der Waals surface area contributed by atoms with E-state index in [1.165, 1.54) is 6.92 Å². The first kappa shape index (κ1) is 20.7. The average Bonchev–Trinajstić information content (AvgIpc) is 2.70. The molecule has 0 radical (unpaired) electrons. The van der Waals surface area contributed by atoms with Crippen molar-refractivity contribution in [1.29, 1.82) is 0 Å². The van der Waals surface area contributed by atoms with Gasteiger partial charge in [-0.15, -0.1) is 0 Å². The third kappa shape index (κ3) is 5.74. The summed E-state index contributed by atoms with van der Waals surface area (Å²) in [7, 11) is 0. The quantitative estimate of drug-likeness (QED) is 0.740. The monoisotopic (exact) mass is 393 g/mol. The molecule has 0 unspecified atom stereocenters. The fourth-order valence-electron chi connectivity index (χ4n) is 3.55. The van der Waals surface area contributed by atoms with E-state index in [1.807, 2.05) is 31.2 Å². The molecule has 2 N–H and O–H groups in total. The Kier molecular flexibility index (Phi) is 6.77. The second-order valence-electron chi connectivity index (χ2n) is 7.52. The summed E-state index contributed by atoms with van der Waals surface area (Å²) in [5.41, 5.74) is 2.88. The third-order valence-electron chi connectivity index (χ3n) is 5.23. The highest BCUT2D eigenvalue weighted by Gasteiger charge is 2.23. The lowest BCUT2D eigenvalue weighted by Crippen LogP contribution is -2.46. The third-order valence-corrected chi connectivity index (χ3v) is 5.23. The first-order chi connectivity index (χ1) is 13.9. The maximum atomic E-state index is 12.5. The van der Waals surface area contributed by atoms with E-state index in [0.717, 1.165) is 31.5 Å². The van der Waals surface area contributed by atoms with E-state index >= 15 is 0 Å². The van der Waals surface area contributed by atoms with Crippen molar-refractivity contribution in [3.05, 3.63) is 65.2 Å². The molecule has 0 saturated carbocycles. The molecular formula is C23H27N3O3. The van der Waals surface area contributed by atoms with Gasteiger partial charge < -0.3 is 10.6 Å². The summed E-state index contributed by atoms with van der Waals surface area (Å²) in [4.78, 5) is 38.3. The van der Waals surface area contributed by atoms with Gasteiger partial charge in [-0.3, -0.25) is 19.3 Å². The van der Waals surface area contributed by atoms with Gasteiger partial charge in [-0.05, 0) is 50.5 Å². The lowest BCUT2D eigenvalue weighted by atomic mass is 10.0. The molecule has 0 spiro atoms. The van der Waals surface area contributed by atoms with Crippen LogP contribution in [-0.2, 0) is 4.79 Å². The molecule has 2 aromatic rings. The molecule has 1 aliphatic heterocycles. The number of anilines is 1. The standard InChI is InChI=1S/C23H27N3O3/c1-16-6-3-4-9-21(16)23(29)25-19-10-12-26(13-11-19)15-22(28)24-20-8-5-7-18(14-20)17(2)27/h3-9,14,19H,10-13,15H2,1-2H3,(H,24,28)(H,25,29). The van der Waals surface area contributed by atoms with Crippen LogP contribution >= 0.6 is 0 Å². The van der Waals surface area contributed by atoms with E-state index in [0.29, 0.717) is 23.4 Å². The van der Waals surface area contributed by atoms with Crippen LogP contribution in [-0.4, -0.2) is 48.2 Å². The first-order valence-corrected chi connectivity index (χ1v) is 9.92. The van der Waals surface area contributed by atoms with Crippen LogP contribution in [0.15, 0.2) is 48.5 Å². The van der Waals surface area contributed by atoms with Crippen molar-refractivity contribution < 1.29 is 14.4 Å². The minimum Gasteiger partial charge on any atom is -0.349 e. The number of nitrogens with zero attached hydrogens (tertiary/aromatic N) is 1. The van der Waals surface area contributed by atoms with Crippen molar-refractivity contribution in [2.75, 3.05) is 25.0 Å². The molecule has 152 valence electrons. The minimum absolute atomic E-state index is 0.0316. The highest BCUT2D eigenvalue weighted by Crippen LogP contribution is 2.14. The van der Waals surface area contributed by atoms with Crippen LogP contribution in [0.3, 0.4) is 0 Å². The zero-order valence-electron chi connectivity index (χ0n) is 16.9. The second-order valence-corrected chi connectivity index (χ2v) is 7.52. The fraction of sp³-hybridized carbons (Fsp3) is 0.348. The summed E-state index contributed by atoms with van der Waals surface area (Å²) in [5, 5.41) is 5.96. The predicted octanol–water partition coefficient (Wildman–Crippen LogP) is 3.03. The SMILES string of the molecule is CC(=O)c1cccc(NC(=O)CN2CCC(NC(=O)c3ccccc3C)CC2)c1. The number of nitrogens with one attached hydrogen (secondary N) is 2. The van der Waals surface area contributed by atoms with Gasteiger partial charge in [0.1, 0.15) is 0 Å². The molecule has 0 aliphatic carbocycles. The van der Waals surface area contributed by atoms with Gasteiger partial charge in [0.05, 0.1) is 6.54 Å². The number of rotatable bonds is 6. The molecule has 1 fully saturated rings. The van der Waals surface area contributed by atoms with Gasteiger partial charge in [-0.2, -0.15) is 0 Å². The number of Topliss-reactive ketones (excluding diaryl/α,β-unsaturated/α-hetero) is 1. The first-order valence-electron chi connectivity index (χ1n) is 9.92. The van der Waals surface area contributed by atoms with E-state index in [2.05, 4.69) is 15.5 Å². The van der Waals surface area contributed by atoms with E-state index in [-0.39, 0.29) is 23.6 Å². The van der Waals surface area contributed by atoms with Gasteiger partial charge in [-0.1, -0.05) is 30.3 Å². The highest BCUT2D eigenvalue weighted by atomic mass is 16.2. The van der Waals surface area contributed by atoms with Crippen molar-refractivity contribution in [2.24, 2.45) is 0 Å². The Hall–Kier alpha value is -2.99. The number of aryl methyl sites for hydroxylation is 1. The van der Waals surface area contributed by atoms with Gasteiger partial charge in [0.2, 0.25) is 5.91 Å². The smallest absolute Gasteiger partial charge is 0.251 e. The molecular weight excluding hydrogens is 366 g/mol. The zero-order chi connectivity index (χ0) is 20.8. The highest BCUT2D eigenvalue weighted by molar-refractivity contribution is 5.97. The molecule has 2 amide bonds. The Bertz CT molecular complexity index is 902. The average molecular weight is 393 g/mol. The van der Waals surface area contributed by atoms with E-state index in [1.54, 1.807) is 24.3 Å². The largest absolute Gasteiger partial charge is 0.349 e. The number of amides is 2. The van der Waals surface area contributed by atoms with E-state index in [4.69, 9.17) is 0 Å². The number of hydrogen-bond acceptors (Lipinski definition) is 4. The van der Waals surface area contributed by atoms with Crippen molar-refractivity contribution >= 4 is 23.3 Å². The minimum atomic E-state index is -0.104. The second kappa shape index (κ2) is 9.47. The van der Waals surface area contributed by atoms with E-state index < -0.39 is 0 Å². The molecule has 3 rings (SSSR count). The molecule has 6 heteroatoms. The van der Waals surface area contributed by atoms with Gasteiger partial charge in [-0.25, -0.2) is 0 Å². The summed E-state index contributed by atoms with van der Waals surface area (Å²) in [6.45, 7) is 5.23. The molecule has 0 atom stereocenters. The number of hydrogen-bond donors (Lipinski definition) is 2. The summed E-state index contributed by atoms with van der Waals surface area (Å²) >= 11 is 0. The molecule has 6 nitrogen and oxygen atoms in total. The van der Waals surface area contributed by atoms with Crippen LogP contribution in [0.2, 0.25) is 0 Å². The Morgan fingerprint density at radius 2 is 1.76 bits per heavy atom. The maximum Gasteiger partial charge on any atom is 0.251 e. The van der Waals surface area contributed by atoms with Crippen molar-refractivity contribution in [1.82, 2.24) is 10.2 Å². The number of benzene rings is 2. The normalized spacial score (nSPS) is 15.0. The molecule has 0 aromatic heterocycles. The lowest BCUT2D eigenvalue weighted by molar-refractivity contribution is -0.117. The molecule has 0 bridgehead atoms. The van der Waals surface area contributed by atoms with Crippen LogP contribution < -0.4 is 10.6 Å². The van der Waals surface area contributed by atoms with E-state index in [9.17, 15) is 14.4 Å². The summed E-state index contributed by atoms with van der Waals surface area (Å²) in [6, 6.07) is 14.6. The van der Waals surface area contributed by atoms with Crippen LogP contribution in [0.25, 0.3) is 0 Å². The van der Waals surface area contributed by atoms with Crippen molar-refractivity contribution in [2.45, 2.75) is 32.7 Å². The van der Waals surface area contributed by atoms with Crippen molar-refractivity contribution in [3.63, 3.8) is 0 Å². The molecule has 29 heavy (non-hydrogen) atoms. The summed E-state index contributed by atoms with van der Waals surface area (Å²) in [6.07, 6.45) is 1.62. The Morgan fingerprint density at radius 3 is 2.45 bits per heavy atom. The van der Waals surface area contributed by atoms with Crippen LogP contribution in [0.4, 0.5) is 5.69 Å². The van der Waals surface area contributed by atoms with Gasteiger partial charge >= 0.3 is 0 Å². The Labute approximate surface area is 171 Å². The molecule has 1 aliphatic rings. The topological polar surface area (TPSA) is 78.5 Å². The van der Waals surface area contributed by atoms with Gasteiger partial charge in [0, 0.05) is 35.9 Å². The maximum absolute atomic E-state index is 12.5. The van der Waals surface area contributed by atoms with Crippen LogP contribution in [0, 0.1) is 6.92 Å². The summed E-state index contributed by atoms with van der Waals surface area (Å²) < 4.78 is 0. The number of ketones is 1. The number of carbonyl (C=O) groups is 3. The number of piperidine rings is 1. The predicted molar refractivity (Wildman–Crippen MR) is 113 cm³/mol. The number of carbonyl (C=O) groups excluding carboxylic acids is 3. The van der Waals surface area contributed by atoms with Gasteiger partial charge in [0.15, 0.2) is 5.78 Å². The molecule has 2 aromatic carbocycles. The van der Waals surface area contributed by atoms with Crippen molar-refractivity contribution in [3.8, 4) is 0 Å². The molecule has 1 saturated heterocycles. The summed E-state index contributed by atoms with van der Waals surface area (Å²) in [5.74, 6) is -0.173. The van der Waals surface area contributed by atoms with Gasteiger partial charge in [0.25, 0.3) is 5.91 Å². The van der Waals surface area contributed by atoms with Crippen LogP contribution in [0.5, 0.6) is 0 Å². The Balaban J connectivity index is 1.45. The number of likely N-dealkylation sites (tertiary alicyclic amines) is 1. The fourth-order valence-corrected chi connectivity index (χ4v) is 3.55. The lowest BCUT2D eigenvalue weighted by Gasteiger charge is -2.32. The molecule has 1 heterocycles. The Morgan fingerprint density at radius 1 is 1.03 bits per heavy atom.